The van der Waals surface area contributed by atoms with Crippen LogP contribution in [0, 0.1) is 0 Å². The number of quaternary nitrogens is 1. The molecule has 9 heteroatoms. The van der Waals surface area contributed by atoms with E-state index in [2.05, 4.69) is 43.5 Å². The van der Waals surface area contributed by atoms with Gasteiger partial charge in [0.05, 0.1) is 39.9 Å². The lowest BCUT2D eigenvalue weighted by molar-refractivity contribution is -0.870. The third-order valence-corrected chi connectivity index (χ3v) is 11.6. The van der Waals surface area contributed by atoms with Crippen LogP contribution in [0.2, 0.25) is 0 Å². The van der Waals surface area contributed by atoms with Crippen molar-refractivity contribution in [1.82, 2.24) is 5.32 Å². The van der Waals surface area contributed by atoms with Crippen LogP contribution in [0.5, 0.6) is 0 Å². The van der Waals surface area contributed by atoms with Gasteiger partial charge in [-0.2, -0.15) is 0 Å². The summed E-state index contributed by atoms with van der Waals surface area (Å²) in [6.45, 7) is 4.63. The number of hydrogen-bond acceptors (Lipinski definition) is 6. The molecule has 3 atom stereocenters. The van der Waals surface area contributed by atoms with Crippen molar-refractivity contribution in [3.63, 3.8) is 0 Å². The van der Waals surface area contributed by atoms with E-state index in [0.29, 0.717) is 17.4 Å². The Morgan fingerprint density at radius 2 is 1.02 bits per heavy atom. The molecule has 0 radical (unpaired) electrons. The Balaban J connectivity index is 4.27. The molecule has 0 aliphatic rings. The number of likely N-dealkylation sites (N-methyl/N-ethyl adjacent to an activating group) is 1. The molecular weight excluding hydrogens is 732 g/mol. The van der Waals surface area contributed by atoms with Crippen molar-refractivity contribution in [2.75, 3.05) is 40.9 Å². The van der Waals surface area contributed by atoms with E-state index < -0.39 is 20.0 Å². The molecule has 8 nitrogen and oxygen atoms in total. The highest BCUT2D eigenvalue weighted by Crippen LogP contribution is 2.38. The molecular formula is C48H93N2O6P. The van der Waals surface area contributed by atoms with Crippen LogP contribution >= 0.6 is 7.82 Å². The number of nitrogens with zero attached hydrogens (tertiary/aromatic N) is 1. The van der Waals surface area contributed by atoms with E-state index in [4.69, 9.17) is 9.05 Å². The minimum absolute atomic E-state index is 0.00138. The lowest BCUT2D eigenvalue weighted by Gasteiger charge is -2.29. The highest BCUT2D eigenvalue weighted by Gasteiger charge is 2.23. The zero-order valence-electron chi connectivity index (χ0n) is 38.0. The first-order valence-electron chi connectivity index (χ1n) is 23.9. The number of amides is 1. The third-order valence-electron chi connectivity index (χ3n) is 10.6. The van der Waals surface area contributed by atoms with Crippen molar-refractivity contribution in [2.45, 2.75) is 225 Å². The summed E-state index contributed by atoms with van der Waals surface area (Å²) < 4.78 is 23.2. The molecule has 0 saturated heterocycles. The molecule has 0 fully saturated rings. The van der Waals surface area contributed by atoms with Gasteiger partial charge in [0.15, 0.2) is 0 Å². The molecule has 0 aromatic rings. The zero-order valence-corrected chi connectivity index (χ0v) is 38.9. The van der Waals surface area contributed by atoms with Gasteiger partial charge in [-0.05, 0) is 51.4 Å². The zero-order chi connectivity index (χ0) is 42.1. The summed E-state index contributed by atoms with van der Waals surface area (Å²) in [4.78, 5) is 25.3. The molecule has 3 unspecified atom stereocenters. The monoisotopic (exact) mass is 825 g/mol. The van der Waals surface area contributed by atoms with Crippen LogP contribution in [0.3, 0.4) is 0 Å². The number of carbonyl (C=O) groups excluding carboxylic acids is 1. The molecule has 0 saturated carbocycles. The number of phosphoric acid groups is 1. The van der Waals surface area contributed by atoms with Crippen LogP contribution < -0.4 is 10.2 Å². The average molecular weight is 825 g/mol. The number of nitrogens with one attached hydrogen (secondary N) is 1. The van der Waals surface area contributed by atoms with Gasteiger partial charge in [-0.1, -0.05) is 192 Å². The summed E-state index contributed by atoms with van der Waals surface area (Å²) in [5, 5.41) is 13.8. The van der Waals surface area contributed by atoms with Gasteiger partial charge in [0, 0.05) is 6.42 Å². The van der Waals surface area contributed by atoms with Crippen LogP contribution in [-0.2, 0) is 18.4 Å². The number of phosphoric ester groups is 1. The molecule has 0 aliphatic heterocycles. The molecule has 0 aromatic heterocycles. The summed E-state index contributed by atoms with van der Waals surface area (Å²) in [5.41, 5.74) is 0. The molecule has 0 rings (SSSR count). The van der Waals surface area contributed by atoms with E-state index in [1.807, 2.05) is 27.2 Å². The van der Waals surface area contributed by atoms with E-state index in [1.165, 1.54) is 148 Å². The van der Waals surface area contributed by atoms with Crippen molar-refractivity contribution < 1.29 is 32.9 Å². The van der Waals surface area contributed by atoms with Crippen LogP contribution in [0.15, 0.2) is 36.5 Å². The van der Waals surface area contributed by atoms with E-state index in [9.17, 15) is 19.4 Å². The summed E-state index contributed by atoms with van der Waals surface area (Å²) in [6, 6.07) is -0.885. The number of rotatable bonds is 43. The summed E-state index contributed by atoms with van der Waals surface area (Å²) in [6.07, 6.45) is 49.1. The van der Waals surface area contributed by atoms with Crippen molar-refractivity contribution in [2.24, 2.45) is 0 Å². The van der Waals surface area contributed by atoms with Crippen molar-refractivity contribution in [1.29, 1.82) is 0 Å². The molecule has 0 aromatic carbocycles. The van der Waals surface area contributed by atoms with Crippen LogP contribution in [0.25, 0.3) is 0 Å². The first kappa shape index (κ1) is 55.7. The Labute approximate surface area is 353 Å². The van der Waals surface area contributed by atoms with E-state index in [1.54, 1.807) is 6.08 Å². The van der Waals surface area contributed by atoms with E-state index >= 15 is 0 Å². The molecule has 336 valence electrons. The standard InChI is InChI=1S/C48H93N2O6P/c1-6-8-10-12-14-16-18-20-21-22-23-24-25-26-27-28-29-30-32-34-36-38-40-42-48(52)49-46(45-56-57(53,54)55-44-43-50(3,4)5)47(51)41-39-37-35-33-31-19-17-15-13-11-9-7-2/h18,20,22-23,39,41,46-47,51H,6-17,19,21,24-38,40,42-45H2,1-5H3,(H-,49,52,53,54)/b20-18-,23-22-,41-39+. The number of aliphatic hydroxyl groups is 1. The van der Waals surface area contributed by atoms with Gasteiger partial charge < -0.3 is 28.8 Å². The first-order chi connectivity index (χ1) is 27.5. The molecule has 0 spiro atoms. The summed E-state index contributed by atoms with van der Waals surface area (Å²) in [7, 11) is 1.26. The topological polar surface area (TPSA) is 108 Å². The number of hydrogen-bond donors (Lipinski definition) is 2. The molecule has 2 N–H and O–H groups in total. The van der Waals surface area contributed by atoms with Gasteiger partial charge >= 0.3 is 0 Å². The largest absolute Gasteiger partial charge is 0.756 e. The fraction of sp³-hybridized carbons (Fsp3) is 0.854. The average Bonchev–Trinajstić information content (AvgIpc) is 3.16. The normalized spacial score (nSPS) is 14.6. The quantitative estimate of drug-likeness (QED) is 0.0274. The predicted octanol–water partition coefficient (Wildman–Crippen LogP) is 12.8. The van der Waals surface area contributed by atoms with Crippen LogP contribution in [0.1, 0.15) is 213 Å². The van der Waals surface area contributed by atoms with Gasteiger partial charge in [-0.15, -0.1) is 0 Å². The number of unbranched alkanes of at least 4 members (excludes halogenated alkanes) is 26. The van der Waals surface area contributed by atoms with Gasteiger partial charge in [0.1, 0.15) is 13.2 Å². The molecule has 0 bridgehead atoms. The third kappa shape index (κ3) is 42.6. The Morgan fingerprint density at radius 3 is 1.46 bits per heavy atom. The van der Waals surface area contributed by atoms with Gasteiger partial charge in [-0.25, -0.2) is 0 Å². The Hall–Kier alpha value is -1.28. The maximum absolute atomic E-state index is 12.9. The number of carbonyl (C=O) groups is 1. The summed E-state index contributed by atoms with van der Waals surface area (Å²) >= 11 is 0. The van der Waals surface area contributed by atoms with Crippen LogP contribution in [-0.4, -0.2) is 68.5 Å². The highest BCUT2D eigenvalue weighted by molar-refractivity contribution is 7.45. The van der Waals surface area contributed by atoms with Gasteiger partial charge in [-0.3, -0.25) is 9.36 Å². The number of aliphatic hydroxyl groups excluding tert-OH is 1. The maximum Gasteiger partial charge on any atom is 0.268 e. The minimum atomic E-state index is -4.59. The number of allylic oxidation sites excluding steroid dienone is 5. The second kappa shape index (κ2) is 40.1. The lowest BCUT2D eigenvalue weighted by Crippen LogP contribution is -2.45. The van der Waals surface area contributed by atoms with Crippen LogP contribution in [0.4, 0.5) is 0 Å². The summed E-state index contributed by atoms with van der Waals surface area (Å²) in [5.74, 6) is -0.201. The Morgan fingerprint density at radius 1 is 0.614 bits per heavy atom. The Kier molecular flexibility index (Phi) is 39.2. The Bertz CT molecular complexity index is 1030. The fourth-order valence-electron chi connectivity index (χ4n) is 6.77. The van der Waals surface area contributed by atoms with E-state index in [-0.39, 0.29) is 19.1 Å². The van der Waals surface area contributed by atoms with Crippen molar-refractivity contribution >= 4 is 13.7 Å². The maximum atomic E-state index is 12.9. The second-order valence-electron chi connectivity index (χ2n) is 17.5. The predicted molar refractivity (Wildman–Crippen MR) is 242 cm³/mol. The van der Waals surface area contributed by atoms with Gasteiger partial charge in [0.25, 0.3) is 7.82 Å². The highest BCUT2D eigenvalue weighted by atomic mass is 31.2. The fourth-order valence-corrected chi connectivity index (χ4v) is 7.49. The van der Waals surface area contributed by atoms with E-state index in [0.717, 1.165) is 44.9 Å². The molecule has 57 heavy (non-hydrogen) atoms. The smallest absolute Gasteiger partial charge is 0.268 e. The molecule has 0 heterocycles. The van der Waals surface area contributed by atoms with Gasteiger partial charge in [0.2, 0.25) is 5.91 Å². The van der Waals surface area contributed by atoms with Crippen molar-refractivity contribution in [3.05, 3.63) is 36.5 Å². The van der Waals surface area contributed by atoms with Crippen molar-refractivity contribution in [3.8, 4) is 0 Å². The lowest BCUT2D eigenvalue weighted by atomic mass is 10.0. The molecule has 1 amide bonds. The second-order valence-corrected chi connectivity index (χ2v) is 18.9. The minimum Gasteiger partial charge on any atom is -0.756 e. The first-order valence-corrected chi connectivity index (χ1v) is 25.3. The molecule has 0 aliphatic carbocycles. The SMILES string of the molecule is CCCCCCC/C=C\C/C=C\CCCCCCCCCCCCCC(=O)NC(COP(=O)([O-])OCC[N+](C)(C)C)C(O)/C=C/CCCCCCCCCCCC.